The first kappa shape index (κ1) is 13.2. The van der Waals surface area contributed by atoms with Crippen LogP contribution in [0.15, 0.2) is 59.7 Å². The molecule has 0 bridgehead atoms. The Balaban J connectivity index is 1.97. The van der Waals surface area contributed by atoms with Crippen molar-refractivity contribution in [3.63, 3.8) is 0 Å². The van der Waals surface area contributed by atoms with Crippen LogP contribution in [0.25, 0.3) is 11.3 Å². The van der Waals surface area contributed by atoms with Gasteiger partial charge in [0.1, 0.15) is 5.82 Å². The van der Waals surface area contributed by atoms with Gasteiger partial charge in [-0.25, -0.2) is 4.98 Å². The molecule has 0 aliphatic rings. The zero-order valence-electron chi connectivity index (χ0n) is 11.7. The van der Waals surface area contributed by atoms with Crippen molar-refractivity contribution >= 4 is 0 Å². The number of aryl methyl sites for hydroxylation is 1. The van der Waals surface area contributed by atoms with Crippen LogP contribution in [0.3, 0.4) is 0 Å². The van der Waals surface area contributed by atoms with Gasteiger partial charge in [0.2, 0.25) is 0 Å². The van der Waals surface area contributed by atoms with Crippen LogP contribution < -0.4 is 5.56 Å². The molecule has 2 heterocycles. The molecule has 0 aliphatic heterocycles. The summed E-state index contributed by atoms with van der Waals surface area (Å²) in [5.74, 6) is 0.667. The molecule has 0 atom stereocenters. The van der Waals surface area contributed by atoms with E-state index in [1.807, 2.05) is 37.3 Å². The van der Waals surface area contributed by atoms with E-state index in [0.717, 1.165) is 11.1 Å². The predicted molar refractivity (Wildman–Crippen MR) is 82.1 cm³/mol. The number of benzene rings is 1. The molecule has 3 rings (SSSR count). The summed E-state index contributed by atoms with van der Waals surface area (Å²) >= 11 is 0. The topological polar surface area (TPSA) is 58.6 Å². The Kier molecular flexibility index (Phi) is 3.60. The molecule has 0 aliphatic carbocycles. The molecule has 0 spiro atoms. The monoisotopic (exact) mass is 277 g/mol. The van der Waals surface area contributed by atoms with E-state index < -0.39 is 0 Å². The second kappa shape index (κ2) is 5.71. The molecular weight excluding hydrogens is 262 g/mol. The van der Waals surface area contributed by atoms with E-state index >= 15 is 0 Å². The van der Waals surface area contributed by atoms with Crippen LogP contribution in [0.4, 0.5) is 0 Å². The quantitative estimate of drug-likeness (QED) is 0.800. The Morgan fingerprint density at radius 1 is 1.10 bits per heavy atom. The van der Waals surface area contributed by atoms with Crippen molar-refractivity contribution < 1.29 is 0 Å². The SMILES string of the molecule is Cc1cccc(Cc2nc(-c3ccncc3)cc(=O)[nH]2)c1. The van der Waals surface area contributed by atoms with Gasteiger partial charge in [-0.2, -0.15) is 0 Å². The van der Waals surface area contributed by atoms with Gasteiger partial charge in [0.15, 0.2) is 0 Å². The zero-order chi connectivity index (χ0) is 14.7. The van der Waals surface area contributed by atoms with E-state index in [0.29, 0.717) is 17.9 Å². The average molecular weight is 277 g/mol. The molecule has 3 aromatic rings. The minimum Gasteiger partial charge on any atom is -0.310 e. The first-order valence-corrected chi connectivity index (χ1v) is 6.77. The molecule has 0 unspecified atom stereocenters. The number of aromatic amines is 1. The number of hydrogen-bond donors (Lipinski definition) is 1. The first-order valence-electron chi connectivity index (χ1n) is 6.77. The Labute approximate surface area is 122 Å². The van der Waals surface area contributed by atoms with Gasteiger partial charge in [-0.1, -0.05) is 29.8 Å². The maximum atomic E-state index is 11.8. The van der Waals surface area contributed by atoms with E-state index in [1.165, 1.54) is 11.6 Å². The van der Waals surface area contributed by atoms with E-state index in [2.05, 4.69) is 21.0 Å². The lowest BCUT2D eigenvalue weighted by Crippen LogP contribution is -2.11. The van der Waals surface area contributed by atoms with Crippen molar-refractivity contribution in [3.8, 4) is 11.3 Å². The van der Waals surface area contributed by atoms with Crippen LogP contribution in [-0.2, 0) is 6.42 Å². The van der Waals surface area contributed by atoms with Crippen LogP contribution in [0.2, 0.25) is 0 Å². The highest BCUT2D eigenvalue weighted by Gasteiger charge is 2.05. The lowest BCUT2D eigenvalue weighted by atomic mass is 10.1. The zero-order valence-corrected chi connectivity index (χ0v) is 11.7. The Morgan fingerprint density at radius 2 is 1.90 bits per heavy atom. The second-order valence-corrected chi connectivity index (χ2v) is 4.98. The molecular formula is C17H15N3O. The summed E-state index contributed by atoms with van der Waals surface area (Å²) < 4.78 is 0. The Hall–Kier alpha value is -2.75. The van der Waals surface area contributed by atoms with E-state index in [9.17, 15) is 4.79 Å². The van der Waals surface area contributed by atoms with Crippen molar-refractivity contribution in [3.05, 3.63) is 82.2 Å². The summed E-state index contributed by atoms with van der Waals surface area (Å²) in [6, 6.07) is 13.4. The molecule has 1 aromatic carbocycles. The van der Waals surface area contributed by atoms with Gasteiger partial charge in [0.05, 0.1) is 5.69 Å². The minimum absolute atomic E-state index is 0.139. The third-order valence-electron chi connectivity index (χ3n) is 3.22. The molecule has 2 aromatic heterocycles. The summed E-state index contributed by atoms with van der Waals surface area (Å²) in [5.41, 5.74) is 3.75. The highest BCUT2D eigenvalue weighted by Crippen LogP contribution is 2.15. The summed E-state index contributed by atoms with van der Waals surface area (Å²) in [5, 5.41) is 0. The van der Waals surface area contributed by atoms with Gasteiger partial charge in [-0.05, 0) is 24.6 Å². The molecule has 1 N–H and O–H groups in total. The van der Waals surface area contributed by atoms with Crippen molar-refractivity contribution in [2.45, 2.75) is 13.3 Å². The maximum Gasteiger partial charge on any atom is 0.251 e. The van der Waals surface area contributed by atoms with Gasteiger partial charge >= 0.3 is 0 Å². The number of hydrogen-bond acceptors (Lipinski definition) is 3. The van der Waals surface area contributed by atoms with Crippen LogP contribution in [0.5, 0.6) is 0 Å². The number of nitrogens with one attached hydrogen (secondary N) is 1. The summed E-state index contributed by atoms with van der Waals surface area (Å²) in [6.45, 7) is 2.05. The molecule has 0 fully saturated rings. The van der Waals surface area contributed by atoms with Gasteiger partial charge in [-0.3, -0.25) is 9.78 Å². The molecule has 0 radical (unpaired) electrons. The number of H-pyrrole nitrogens is 1. The van der Waals surface area contributed by atoms with Crippen molar-refractivity contribution in [1.29, 1.82) is 0 Å². The van der Waals surface area contributed by atoms with Crippen LogP contribution in [0.1, 0.15) is 17.0 Å². The van der Waals surface area contributed by atoms with Crippen LogP contribution in [0, 0.1) is 6.92 Å². The normalized spacial score (nSPS) is 10.5. The third kappa shape index (κ3) is 3.23. The standard InChI is InChI=1S/C17H15N3O/c1-12-3-2-4-13(9-12)10-16-19-15(11-17(21)20-16)14-5-7-18-8-6-14/h2-9,11H,10H2,1H3,(H,19,20,21). The lowest BCUT2D eigenvalue weighted by molar-refractivity contribution is 0.949. The Bertz CT molecular complexity index is 810. The fourth-order valence-electron chi connectivity index (χ4n) is 2.28. The molecule has 4 heteroatoms. The number of nitrogens with zero attached hydrogens (tertiary/aromatic N) is 2. The van der Waals surface area contributed by atoms with Gasteiger partial charge < -0.3 is 4.98 Å². The third-order valence-corrected chi connectivity index (χ3v) is 3.22. The lowest BCUT2D eigenvalue weighted by Gasteiger charge is -2.05. The molecule has 21 heavy (non-hydrogen) atoms. The summed E-state index contributed by atoms with van der Waals surface area (Å²) in [7, 11) is 0. The predicted octanol–water partition coefficient (Wildman–Crippen LogP) is 2.73. The summed E-state index contributed by atoms with van der Waals surface area (Å²) in [6.07, 6.45) is 3.99. The smallest absolute Gasteiger partial charge is 0.251 e. The molecule has 0 amide bonds. The molecule has 0 saturated heterocycles. The van der Waals surface area contributed by atoms with Crippen molar-refractivity contribution in [2.24, 2.45) is 0 Å². The van der Waals surface area contributed by atoms with Crippen LogP contribution in [-0.4, -0.2) is 15.0 Å². The van der Waals surface area contributed by atoms with E-state index in [4.69, 9.17) is 0 Å². The number of rotatable bonds is 3. The summed E-state index contributed by atoms with van der Waals surface area (Å²) in [4.78, 5) is 23.2. The second-order valence-electron chi connectivity index (χ2n) is 4.98. The Morgan fingerprint density at radius 3 is 2.67 bits per heavy atom. The number of aromatic nitrogens is 3. The van der Waals surface area contributed by atoms with E-state index in [1.54, 1.807) is 12.4 Å². The highest BCUT2D eigenvalue weighted by atomic mass is 16.1. The first-order chi connectivity index (χ1) is 10.2. The van der Waals surface area contributed by atoms with Gasteiger partial charge in [-0.15, -0.1) is 0 Å². The fourth-order valence-corrected chi connectivity index (χ4v) is 2.28. The average Bonchev–Trinajstić information content (AvgIpc) is 2.47. The largest absolute Gasteiger partial charge is 0.310 e. The molecule has 104 valence electrons. The maximum absolute atomic E-state index is 11.8. The van der Waals surface area contributed by atoms with Crippen molar-refractivity contribution in [2.75, 3.05) is 0 Å². The molecule has 0 saturated carbocycles. The highest BCUT2D eigenvalue weighted by molar-refractivity contribution is 5.57. The van der Waals surface area contributed by atoms with Crippen molar-refractivity contribution in [1.82, 2.24) is 15.0 Å². The number of pyridine rings is 1. The molecule has 4 nitrogen and oxygen atoms in total. The van der Waals surface area contributed by atoms with Gasteiger partial charge in [0, 0.05) is 30.4 Å². The fraction of sp³-hybridized carbons (Fsp3) is 0.118. The van der Waals surface area contributed by atoms with Crippen LogP contribution >= 0.6 is 0 Å². The van der Waals surface area contributed by atoms with Gasteiger partial charge in [0.25, 0.3) is 5.56 Å². The minimum atomic E-state index is -0.139. The van der Waals surface area contributed by atoms with E-state index in [-0.39, 0.29) is 5.56 Å².